The first kappa shape index (κ1) is 10.2. The van der Waals surface area contributed by atoms with Crippen molar-refractivity contribution in [2.45, 2.75) is 6.42 Å². The smallest absolute Gasteiger partial charge is 0.120 e. The molecule has 0 unspecified atom stereocenters. The second kappa shape index (κ2) is 4.99. The maximum Gasteiger partial charge on any atom is 0.120 e. The summed E-state index contributed by atoms with van der Waals surface area (Å²) in [5.74, 6) is 1.51. The SMILES string of the molecule is ClCCCOc1ccc2ncccc2c1. The zero-order valence-corrected chi connectivity index (χ0v) is 9.07. The Kier molecular flexibility index (Phi) is 3.41. The number of ether oxygens (including phenoxy) is 1. The maximum absolute atomic E-state index is 5.57. The number of halogens is 1. The van der Waals surface area contributed by atoms with Crippen LogP contribution in [-0.4, -0.2) is 17.5 Å². The number of alkyl halides is 1. The Morgan fingerprint density at radius 2 is 2.20 bits per heavy atom. The summed E-state index contributed by atoms with van der Waals surface area (Å²) in [6.07, 6.45) is 2.66. The van der Waals surface area contributed by atoms with Gasteiger partial charge in [-0.2, -0.15) is 0 Å². The highest BCUT2D eigenvalue weighted by Gasteiger charge is 1.97. The third kappa shape index (κ3) is 2.60. The molecule has 2 rings (SSSR count). The molecule has 0 saturated carbocycles. The number of aromatic nitrogens is 1. The monoisotopic (exact) mass is 221 g/mol. The molecule has 2 nitrogen and oxygen atoms in total. The topological polar surface area (TPSA) is 22.1 Å². The molecule has 0 aliphatic heterocycles. The fraction of sp³-hybridized carbons (Fsp3) is 0.250. The summed E-state index contributed by atoms with van der Waals surface area (Å²) in [7, 11) is 0. The largest absolute Gasteiger partial charge is 0.494 e. The predicted octanol–water partition coefficient (Wildman–Crippen LogP) is 3.24. The molecule has 2 aromatic rings. The Hall–Kier alpha value is -1.28. The van der Waals surface area contributed by atoms with Crippen LogP contribution in [0.1, 0.15) is 6.42 Å². The molecule has 1 heterocycles. The van der Waals surface area contributed by atoms with Crippen LogP contribution in [0.4, 0.5) is 0 Å². The quantitative estimate of drug-likeness (QED) is 0.584. The van der Waals surface area contributed by atoms with E-state index in [0.29, 0.717) is 12.5 Å². The van der Waals surface area contributed by atoms with Gasteiger partial charge in [0.15, 0.2) is 0 Å². The van der Waals surface area contributed by atoms with Crippen LogP contribution in [0, 0.1) is 0 Å². The van der Waals surface area contributed by atoms with Gasteiger partial charge in [-0.05, 0) is 30.7 Å². The molecule has 0 saturated heterocycles. The third-order valence-corrected chi connectivity index (χ3v) is 2.39. The van der Waals surface area contributed by atoms with E-state index in [0.717, 1.165) is 23.1 Å². The van der Waals surface area contributed by atoms with Crippen LogP contribution in [0.25, 0.3) is 10.9 Å². The van der Waals surface area contributed by atoms with Gasteiger partial charge in [-0.1, -0.05) is 6.07 Å². The molecule has 0 aliphatic carbocycles. The van der Waals surface area contributed by atoms with Crippen LogP contribution in [0.2, 0.25) is 0 Å². The Bertz CT molecular complexity index is 444. The molecule has 0 radical (unpaired) electrons. The molecule has 78 valence electrons. The average molecular weight is 222 g/mol. The molecule has 1 aromatic heterocycles. The van der Waals surface area contributed by atoms with E-state index in [1.54, 1.807) is 6.20 Å². The summed E-state index contributed by atoms with van der Waals surface area (Å²) in [5.41, 5.74) is 0.988. The number of rotatable bonds is 4. The fourth-order valence-electron chi connectivity index (χ4n) is 1.39. The molecule has 0 amide bonds. The molecule has 0 fully saturated rings. The molecular weight excluding hydrogens is 210 g/mol. The van der Waals surface area contributed by atoms with Crippen molar-refractivity contribution in [3.8, 4) is 5.75 Å². The summed E-state index contributed by atoms with van der Waals surface area (Å²) in [6.45, 7) is 0.662. The summed E-state index contributed by atoms with van der Waals surface area (Å²) in [5, 5.41) is 1.10. The van der Waals surface area contributed by atoms with E-state index in [1.807, 2.05) is 30.3 Å². The Balaban J connectivity index is 2.16. The van der Waals surface area contributed by atoms with E-state index in [9.17, 15) is 0 Å². The van der Waals surface area contributed by atoms with E-state index in [2.05, 4.69) is 4.98 Å². The lowest BCUT2D eigenvalue weighted by Gasteiger charge is -2.05. The van der Waals surface area contributed by atoms with Gasteiger partial charge in [0.1, 0.15) is 5.75 Å². The zero-order valence-electron chi connectivity index (χ0n) is 8.32. The van der Waals surface area contributed by atoms with Gasteiger partial charge in [0.05, 0.1) is 12.1 Å². The first-order valence-electron chi connectivity index (χ1n) is 4.94. The first-order chi connectivity index (χ1) is 7.40. The van der Waals surface area contributed by atoms with Crippen LogP contribution in [0.15, 0.2) is 36.5 Å². The number of pyridine rings is 1. The predicted molar refractivity (Wildman–Crippen MR) is 62.6 cm³/mol. The molecule has 0 N–H and O–H groups in total. The van der Waals surface area contributed by atoms with Gasteiger partial charge in [0.25, 0.3) is 0 Å². The normalized spacial score (nSPS) is 10.5. The van der Waals surface area contributed by atoms with Crippen molar-refractivity contribution in [3.63, 3.8) is 0 Å². The third-order valence-electron chi connectivity index (χ3n) is 2.12. The van der Waals surface area contributed by atoms with Gasteiger partial charge in [0.2, 0.25) is 0 Å². The van der Waals surface area contributed by atoms with Gasteiger partial charge in [-0.3, -0.25) is 4.98 Å². The van der Waals surface area contributed by atoms with Gasteiger partial charge >= 0.3 is 0 Å². The van der Waals surface area contributed by atoms with Gasteiger partial charge in [-0.15, -0.1) is 11.6 Å². The standard InChI is InChI=1S/C12H12ClNO/c13-6-2-8-15-11-4-5-12-10(9-11)3-1-7-14-12/h1,3-5,7,9H,2,6,8H2. The zero-order chi connectivity index (χ0) is 10.5. The fourth-order valence-corrected chi connectivity index (χ4v) is 1.50. The van der Waals surface area contributed by atoms with Gasteiger partial charge < -0.3 is 4.74 Å². The molecular formula is C12H12ClNO. The minimum atomic E-state index is 0.634. The number of fused-ring (bicyclic) bond motifs is 1. The van der Waals surface area contributed by atoms with Crippen LogP contribution >= 0.6 is 11.6 Å². The number of nitrogens with zero attached hydrogens (tertiary/aromatic N) is 1. The van der Waals surface area contributed by atoms with E-state index in [-0.39, 0.29) is 0 Å². The van der Waals surface area contributed by atoms with E-state index >= 15 is 0 Å². The average Bonchev–Trinajstić information content (AvgIpc) is 2.29. The summed E-state index contributed by atoms with van der Waals surface area (Å²) < 4.78 is 5.54. The Labute approximate surface area is 93.8 Å². The highest BCUT2D eigenvalue weighted by Crippen LogP contribution is 2.18. The van der Waals surface area contributed by atoms with Crippen LogP contribution in [0.5, 0.6) is 5.75 Å². The van der Waals surface area contributed by atoms with E-state index < -0.39 is 0 Å². The lowest BCUT2D eigenvalue weighted by Crippen LogP contribution is -1.97. The van der Waals surface area contributed by atoms with Crippen molar-refractivity contribution in [1.82, 2.24) is 4.98 Å². The molecule has 0 atom stereocenters. The summed E-state index contributed by atoms with van der Waals surface area (Å²) in [4.78, 5) is 4.24. The van der Waals surface area contributed by atoms with Gasteiger partial charge in [-0.25, -0.2) is 0 Å². The van der Waals surface area contributed by atoms with Crippen molar-refractivity contribution < 1.29 is 4.74 Å². The highest BCUT2D eigenvalue weighted by molar-refractivity contribution is 6.17. The van der Waals surface area contributed by atoms with E-state index in [4.69, 9.17) is 16.3 Å². The first-order valence-corrected chi connectivity index (χ1v) is 5.47. The molecule has 1 aromatic carbocycles. The number of benzene rings is 1. The van der Waals surface area contributed by atoms with Crippen LogP contribution in [-0.2, 0) is 0 Å². The number of hydrogen-bond acceptors (Lipinski definition) is 2. The summed E-state index contributed by atoms with van der Waals surface area (Å²) in [6, 6.07) is 9.84. The minimum Gasteiger partial charge on any atom is -0.494 e. The lowest BCUT2D eigenvalue weighted by atomic mass is 10.2. The van der Waals surface area contributed by atoms with Crippen molar-refractivity contribution in [3.05, 3.63) is 36.5 Å². The molecule has 0 spiro atoms. The summed E-state index contributed by atoms with van der Waals surface area (Å²) >= 11 is 5.57. The molecule has 0 aliphatic rings. The van der Waals surface area contributed by atoms with Crippen molar-refractivity contribution in [2.75, 3.05) is 12.5 Å². The van der Waals surface area contributed by atoms with Crippen molar-refractivity contribution in [1.29, 1.82) is 0 Å². The Morgan fingerprint density at radius 1 is 1.27 bits per heavy atom. The minimum absolute atomic E-state index is 0.634. The second-order valence-electron chi connectivity index (χ2n) is 3.25. The number of hydrogen-bond donors (Lipinski definition) is 0. The highest BCUT2D eigenvalue weighted by atomic mass is 35.5. The second-order valence-corrected chi connectivity index (χ2v) is 3.63. The lowest BCUT2D eigenvalue weighted by molar-refractivity contribution is 0.319. The van der Waals surface area contributed by atoms with Crippen LogP contribution in [0.3, 0.4) is 0 Å². The Morgan fingerprint density at radius 3 is 3.07 bits per heavy atom. The molecule has 3 heteroatoms. The van der Waals surface area contributed by atoms with Crippen molar-refractivity contribution >= 4 is 22.5 Å². The van der Waals surface area contributed by atoms with E-state index in [1.165, 1.54) is 0 Å². The van der Waals surface area contributed by atoms with Crippen molar-refractivity contribution in [2.24, 2.45) is 0 Å². The van der Waals surface area contributed by atoms with Crippen LogP contribution < -0.4 is 4.74 Å². The van der Waals surface area contributed by atoms with Gasteiger partial charge in [0, 0.05) is 17.5 Å². The molecule has 15 heavy (non-hydrogen) atoms. The molecule has 0 bridgehead atoms. The maximum atomic E-state index is 5.57.